The summed E-state index contributed by atoms with van der Waals surface area (Å²) in [5.74, 6) is 1.73. The third-order valence-electron chi connectivity index (χ3n) is 5.42. The van der Waals surface area contributed by atoms with Crippen LogP contribution in [0.2, 0.25) is 5.02 Å². The number of anilines is 1. The number of fused-ring (bicyclic) bond motifs is 1. The van der Waals surface area contributed by atoms with Crippen LogP contribution >= 0.6 is 11.6 Å². The molecule has 3 heterocycles. The zero-order chi connectivity index (χ0) is 23.7. The molecule has 5 rings (SSSR count). The van der Waals surface area contributed by atoms with Crippen LogP contribution in [-0.2, 0) is 10.0 Å². The number of halogens is 1. The van der Waals surface area contributed by atoms with E-state index in [1.165, 1.54) is 19.2 Å². The lowest BCUT2D eigenvalue weighted by Crippen LogP contribution is -2.45. The Morgan fingerprint density at radius 3 is 2.65 bits per heavy atom. The minimum Gasteiger partial charge on any atom is -0.497 e. The summed E-state index contributed by atoms with van der Waals surface area (Å²) in [5.41, 5.74) is 1.61. The second-order valence-corrected chi connectivity index (χ2v) is 9.86. The molecule has 12 heteroatoms. The van der Waals surface area contributed by atoms with E-state index in [4.69, 9.17) is 21.1 Å². The van der Waals surface area contributed by atoms with Gasteiger partial charge in [0.1, 0.15) is 16.0 Å². The molecule has 0 aliphatic carbocycles. The Bertz CT molecular complexity index is 1440. The molecule has 0 amide bonds. The predicted molar refractivity (Wildman–Crippen MR) is 128 cm³/mol. The SMILES string of the molecule is COc1ccc(Cl)c(S(=O)(=O)Nc2ccc(-c3nc(OCC4CNC4)c4cn[nH]c4n3)cc2)c1. The third-order valence-corrected chi connectivity index (χ3v) is 7.28. The van der Waals surface area contributed by atoms with E-state index in [0.29, 0.717) is 52.3 Å². The van der Waals surface area contributed by atoms with Gasteiger partial charge in [-0.1, -0.05) is 11.6 Å². The third kappa shape index (κ3) is 4.49. The van der Waals surface area contributed by atoms with Crippen molar-refractivity contribution in [3.63, 3.8) is 0 Å². The average molecular weight is 501 g/mol. The Kier molecular flexibility index (Phi) is 5.98. The van der Waals surface area contributed by atoms with Gasteiger partial charge in [-0.15, -0.1) is 0 Å². The summed E-state index contributed by atoms with van der Waals surface area (Å²) < 4.78 is 39.3. The summed E-state index contributed by atoms with van der Waals surface area (Å²) in [5, 5.41) is 10.9. The van der Waals surface area contributed by atoms with E-state index in [9.17, 15) is 8.42 Å². The summed E-state index contributed by atoms with van der Waals surface area (Å²) in [6.07, 6.45) is 1.63. The van der Waals surface area contributed by atoms with Crippen molar-refractivity contribution in [2.75, 3.05) is 31.5 Å². The highest BCUT2D eigenvalue weighted by Crippen LogP contribution is 2.29. The number of hydrogen-bond donors (Lipinski definition) is 3. The summed E-state index contributed by atoms with van der Waals surface area (Å²) in [6, 6.07) is 11.1. The minimum atomic E-state index is -3.93. The first kappa shape index (κ1) is 22.4. The van der Waals surface area contributed by atoms with E-state index in [2.05, 4.69) is 30.2 Å². The maximum absolute atomic E-state index is 12.9. The van der Waals surface area contributed by atoms with Crippen LogP contribution in [0.3, 0.4) is 0 Å². The molecular weight excluding hydrogens is 480 g/mol. The van der Waals surface area contributed by atoms with Gasteiger partial charge in [-0.25, -0.2) is 13.4 Å². The molecule has 4 aromatic rings. The maximum Gasteiger partial charge on any atom is 0.263 e. The van der Waals surface area contributed by atoms with Gasteiger partial charge in [-0.2, -0.15) is 10.1 Å². The number of benzene rings is 2. The zero-order valence-corrected chi connectivity index (χ0v) is 19.7. The lowest BCUT2D eigenvalue weighted by atomic mass is 10.1. The van der Waals surface area contributed by atoms with Gasteiger partial charge in [0.25, 0.3) is 10.0 Å². The second kappa shape index (κ2) is 9.09. The van der Waals surface area contributed by atoms with E-state index in [-0.39, 0.29) is 9.92 Å². The molecule has 0 saturated carbocycles. The predicted octanol–water partition coefficient (Wildman–Crippen LogP) is 3.08. The number of nitrogens with zero attached hydrogens (tertiary/aromatic N) is 3. The molecule has 1 aliphatic rings. The Morgan fingerprint density at radius 1 is 1.15 bits per heavy atom. The maximum atomic E-state index is 12.9. The van der Waals surface area contributed by atoms with E-state index >= 15 is 0 Å². The Hall–Kier alpha value is -3.41. The molecule has 1 fully saturated rings. The molecule has 3 N–H and O–H groups in total. The number of aromatic nitrogens is 4. The molecule has 2 aromatic carbocycles. The highest BCUT2D eigenvalue weighted by atomic mass is 35.5. The van der Waals surface area contributed by atoms with Gasteiger partial charge in [0.15, 0.2) is 11.5 Å². The smallest absolute Gasteiger partial charge is 0.263 e. The number of rotatable bonds is 8. The molecule has 1 saturated heterocycles. The van der Waals surface area contributed by atoms with Crippen LogP contribution in [0.1, 0.15) is 0 Å². The van der Waals surface area contributed by atoms with Crippen LogP contribution in [0.4, 0.5) is 5.69 Å². The van der Waals surface area contributed by atoms with Gasteiger partial charge in [0, 0.05) is 36.3 Å². The van der Waals surface area contributed by atoms with Crippen molar-refractivity contribution in [3.8, 4) is 23.0 Å². The van der Waals surface area contributed by atoms with Crippen molar-refractivity contribution in [3.05, 3.63) is 53.7 Å². The first-order chi connectivity index (χ1) is 16.4. The molecule has 0 unspecified atom stereocenters. The van der Waals surface area contributed by atoms with Crippen LogP contribution in [-0.4, -0.2) is 55.4 Å². The van der Waals surface area contributed by atoms with Crippen LogP contribution in [0.5, 0.6) is 11.6 Å². The van der Waals surface area contributed by atoms with Gasteiger partial charge in [-0.3, -0.25) is 9.82 Å². The normalized spacial score (nSPS) is 14.1. The topological polar surface area (TPSA) is 131 Å². The second-order valence-electron chi connectivity index (χ2n) is 7.80. The fraction of sp³-hybridized carbons (Fsp3) is 0.227. The number of aromatic amines is 1. The fourth-order valence-electron chi connectivity index (χ4n) is 3.42. The lowest BCUT2D eigenvalue weighted by molar-refractivity contribution is 0.195. The summed E-state index contributed by atoms with van der Waals surface area (Å²) in [4.78, 5) is 9.02. The highest BCUT2D eigenvalue weighted by Gasteiger charge is 2.21. The van der Waals surface area contributed by atoms with Crippen molar-refractivity contribution >= 4 is 38.3 Å². The van der Waals surface area contributed by atoms with Crippen LogP contribution in [0.25, 0.3) is 22.4 Å². The van der Waals surface area contributed by atoms with Crippen LogP contribution in [0.15, 0.2) is 53.6 Å². The average Bonchev–Trinajstić information content (AvgIpc) is 3.27. The largest absolute Gasteiger partial charge is 0.497 e. The number of nitrogens with one attached hydrogen (secondary N) is 3. The van der Waals surface area contributed by atoms with Crippen molar-refractivity contribution in [1.29, 1.82) is 0 Å². The van der Waals surface area contributed by atoms with Crippen molar-refractivity contribution in [2.45, 2.75) is 4.90 Å². The lowest BCUT2D eigenvalue weighted by Gasteiger charge is -2.26. The summed E-state index contributed by atoms with van der Waals surface area (Å²) >= 11 is 6.11. The van der Waals surface area contributed by atoms with Crippen LogP contribution in [0, 0.1) is 5.92 Å². The number of sulfonamides is 1. The zero-order valence-electron chi connectivity index (χ0n) is 18.1. The first-order valence-corrected chi connectivity index (χ1v) is 12.3. The number of methoxy groups -OCH3 is 1. The van der Waals surface area contributed by atoms with Gasteiger partial charge in [0.05, 0.1) is 24.9 Å². The summed E-state index contributed by atoms with van der Waals surface area (Å²) in [7, 11) is -2.47. The highest BCUT2D eigenvalue weighted by molar-refractivity contribution is 7.92. The first-order valence-electron chi connectivity index (χ1n) is 10.4. The quantitative estimate of drug-likeness (QED) is 0.336. The van der Waals surface area contributed by atoms with Gasteiger partial charge < -0.3 is 14.8 Å². The van der Waals surface area contributed by atoms with Gasteiger partial charge in [-0.05, 0) is 36.4 Å². The van der Waals surface area contributed by atoms with E-state index in [1.54, 1.807) is 36.5 Å². The molecule has 34 heavy (non-hydrogen) atoms. The molecule has 0 atom stereocenters. The molecule has 176 valence electrons. The monoisotopic (exact) mass is 500 g/mol. The van der Waals surface area contributed by atoms with Gasteiger partial charge in [0.2, 0.25) is 5.88 Å². The van der Waals surface area contributed by atoms with Crippen LogP contribution < -0.4 is 19.5 Å². The standard InChI is InChI=1S/C22H21ClN6O4S/c1-32-16-6-7-18(23)19(8-16)34(30,31)29-15-4-2-14(3-5-15)20-26-21-17(11-25-28-21)22(27-20)33-12-13-9-24-10-13/h2-8,11,13,24,29H,9-10,12H2,1H3,(H,25,26,27,28). The molecule has 0 radical (unpaired) electrons. The number of H-pyrrole nitrogens is 1. The van der Waals surface area contributed by atoms with E-state index < -0.39 is 10.0 Å². The van der Waals surface area contributed by atoms with E-state index in [1.807, 2.05) is 0 Å². The van der Waals surface area contributed by atoms with Crippen molar-refractivity contribution < 1.29 is 17.9 Å². The number of ether oxygens (including phenoxy) is 2. The molecular formula is C22H21ClN6O4S. The molecule has 2 aromatic heterocycles. The fourth-order valence-corrected chi connectivity index (χ4v) is 5.00. The van der Waals surface area contributed by atoms with Crippen molar-refractivity contribution in [2.24, 2.45) is 5.92 Å². The molecule has 0 spiro atoms. The van der Waals surface area contributed by atoms with Gasteiger partial charge >= 0.3 is 0 Å². The summed E-state index contributed by atoms with van der Waals surface area (Å²) in [6.45, 7) is 2.40. The van der Waals surface area contributed by atoms with E-state index in [0.717, 1.165) is 13.1 Å². The Balaban J connectivity index is 1.39. The minimum absolute atomic E-state index is 0.0749. The Morgan fingerprint density at radius 2 is 1.94 bits per heavy atom. The number of hydrogen-bond acceptors (Lipinski definition) is 8. The Labute approximate surface area is 200 Å². The van der Waals surface area contributed by atoms with Crippen molar-refractivity contribution in [1.82, 2.24) is 25.5 Å². The molecule has 1 aliphatic heterocycles. The molecule has 10 nitrogen and oxygen atoms in total. The molecule has 0 bridgehead atoms.